The minimum absolute atomic E-state index is 0.155. The van der Waals surface area contributed by atoms with E-state index in [1.807, 2.05) is 18.2 Å². The Morgan fingerprint density at radius 1 is 1.08 bits per heavy atom. The Morgan fingerprint density at radius 3 is 2.38 bits per heavy atom. The molecule has 1 atom stereocenters. The Bertz CT molecular complexity index is 686. The van der Waals surface area contributed by atoms with Crippen molar-refractivity contribution in [3.05, 3.63) is 53.6 Å². The van der Waals surface area contributed by atoms with Crippen LogP contribution < -0.4 is 20.1 Å². The van der Waals surface area contributed by atoms with E-state index < -0.39 is 0 Å². The zero-order valence-corrected chi connectivity index (χ0v) is 15.4. The molecule has 0 saturated carbocycles. The lowest BCUT2D eigenvalue weighted by Gasteiger charge is -2.21. The van der Waals surface area contributed by atoms with Gasteiger partial charge in [-0.25, -0.2) is 0 Å². The molecular formula is C19H24N2O2S. The average molecular weight is 344 g/mol. The topological polar surface area (TPSA) is 42.5 Å². The smallest absolute Gasteiger partial charge is 0.171 e. The molecule has 0 amide bonds. The lowest BCUT2D eigenvalue weighted by Crippen LogP contribution is -2.32. The number of rotatable bonds is 6. The zero-order chi connectivity index (χ0) is 17.5. The summed E-state index contributed by atoms with van der Waals surface area (Å²) in [6.07, 6.45) is 0.931. The van der Waals surface area contributed by atoms with E-state index >= 15 is 0 Å². The summed E-state index contributed by atoms with van der Waals surface area (Å²) in [5.41, 5.74) is 3.23. The molecule has 24 heavy (non-hydrogen) atoms. The normalized spacial score (nSPS) is 11.5. The van der Waals surface area contributed by atoms with E-state index in [0.717, 1.165) is 17.9 Å². The fourth-order valence-electron chi connectivity index (χ4n) is 2.45. The van der Waals surface area contributed by atoms with Gasteiger partial charge in [-0.15, -0.1) is 0 Å². The molecule has 4 nitrogen and oxygen atoms in total. The van der Waals surface area contributed by atoms with E-state index in [9.17, 15) is 0 Å². The number of aryl methyl sites for hydroxylation is 1. The van der Waals surface area contributed by atoms with Crippen LogP contribution in [-0.4, -0.2) is 19.3 Å². The van der Waals surface area contributed by atoms with Gasteiger partial charge in [-0.1, -0.05) is 36.8 Å². The van der Waals surface area contributed by atoms with Crippen LogP contribution in [0.5, 0.6) is 11.5 Å². The Morgan fingerprint density at radius 2 is 1.79 bits per heavy atom. The highest BCUT2D eigenvalue weighted by Gasteiger charge is 2.12. The molecule has 2 rings (SSSR count). The molecule has 0 heterocycles. The largest absolute Gasteiger partial charge is 0.497 e. The summed E-state index contributed by atoms with van der Waals surface area (Å²) in [7, 11) is 3.26. The molecule has 128 valence electrons. The van der Waals surface area contributed by atoms with E-state index in [2.05, 4.69) is 48.7 Å². The van der Waals surface area contributed by atoms with Gasteiger partial charge in [-0.3, -0.25) is 0 Å². The third-order valence-corrected chi connectivity index (χ3v) is 4.07. The van der Waals surface area contributed by atoms with Crippen molar-refractivity contribution in [2.75, 3.05) is 19.5 Å². The molecule has 5 heteroatoms. The Kier molecular flexibility index (Phi) is 6.44. The van der Waals surface area contributed by atoms with Crippen molar-refractivity contribution >= 4 is 23.0 Å². The summed E-state index contributed by atoms with van der Waals surface area (Å²) < 4.78 is 10.6. The van der Waals surface area contributed by atoms with Crippen molar-refractivity contribution in [3.8, 4) is 11.5 Å². The van der Waals surface area contributed by atoms with Gasteiger partial charge in [0, 0.05) is 6.07 Å². The number of anilines is 1. The first-order chi connectivity index (χ1) is 11.6. The Balaban J connectivity index is 2.10. The van der Waals surface area contributed by atoms with Gasteiger partial charge >= 0.3 is 0 Å². The maximum absolute atomic E-state index is 5.47. The van der Waals surface area contributed by atoms with Crippen LogP contribution in [0.1, 0.15) is 30.5 Å². The first kappa shape index (κ1) is 18.1. The number of hydrogen-bond acceptors (Lipinski definition) is 3. The van der Waals surface area contributed by atoms with Crippen molar-refractivity contribution in [1.82, 2.24) is 5.32 Å². The van der Waals surface area contributed by atoms with Gasteiger partial charge in [0.25, 0.3) is 0 Å². The van der Waals surface area contributed by atoms with E-state index in [0.29, 0.717) is 10.9 Å². The summed E-state index contributed by atoms with van der Waals surface area (Å²) >= 11 is 5.47. The monoisotopic (exact) mass is 344 g/mol. The van der Waals surface area contributed by atoms with Crippen molar-refractivity contribution in [2.24, 2.45) is 0 Å². The number of nitrogens with one attached hydrogen (secondary N) is 2. The molecule has 0 aromatic heterocycles. The second-order valence-electron chi connectivity index (χ2n) is 5.54. The van der Waals surface area contributed by atoms with E-state index in [1.54, 1.807) is 14.2 Å². The molecule has 0 aliphatic rings. The molecule has 0 fully saturated rings. The fraction of sp³-hybridized carbons (Fsp3) is 0.316. The molecule has 0 aliphatic heterocycles. The fourth-order valence-corrected chi connectivity index (χ4v) is 2.70. The summed E-state index contributed by atoms with van der Waals surface area (Å²) in [6.45, 7) is 4.21. The van der Waals surface area contributed by atoms with Crippen LogP contribution in [0.15, 0.2) is 42.5 Å². The predicted octanol–water partition coefficient (Wildman–Crippen LogP) is 4.45. The molecule has 0 saturated heterocycles. The first-order valence-corrected chi connectivity index (χ1v) is 8.34. The number of benzene rings is 2. The zero-order valence-electron chi connectivity index (χ0n) is 14.6. The number of ether oxygens (including phenoxy) is 2. The lowest BCUT2D eigenvalue weighted by molar-refractivity contribution is 0.405. The SMILES string of the molecule is CCC(NC(=S)Nc1cc(OC)ccc1OC)c1ccc(C)cc1. The molecule has 1 unspecified atom stereocenters. The molecule has 0 bridgehead atoms. The minimum atomic E-state index is 0.155. The third kappa shape index (κ3) is 4.61. The summed E-state index contributed by atoms with van der Waals surface area (Å²) in [5, 5.41) is 7.11. The molecule has 2 aromatic rings. The van der Waals surface area contributed by atoms with Gasteiger partial charge in [0.05, 0.1) is 25.9 Å². The van der Waals surface area contributed by atoms with Crippen molar-refractivity contribution < 1.29 is 9.47 Å². The Hall–Kier alpha value is -2.27. The molecular weight excluding hydrogens is 320 g/mol. The van der Waals surface area contributed by atoms with E-state index in [-0.39, 0.29) is 6.04 Å². The maximum atomic E-state index is 5.47. The van der Waals surface area contributed by atoms with Crippen LogP contribution in [0.4, 0.5) is 5.69 Å². The molecule has 0 radical (unpaired) electrons. The van der Waals surface area contributed by atoms with Gasteiger partial charge in [0.15, 0.2) is 5.11 Å². The van der Waals surface area contributed by atoms with Crippen LogP contribution >= 0.6 is 12.2 Å². The standard InChI is InChI=1S/C19H24N2O2S/c1-5-16(14-8-6-13(2)7-9-14)20-19(24)21-17-12-15(22-3)10-11-18(17)23-4/h6-12,16H,5H2,1-4H3,(H2,20,21,24). The van der Waals surface area contributed by atoms with Gasteiger partial charge in [-0.05, 0) is 43.3 Å². The van der Waals surface area contributed by atoms with E-state index in [1.165, 1.54) is 11.1 Å². The highest BCUT2D eigenvalue weighted by atomic mass is 32.1. The number of hydrogen-bond donors (Lipinski definition) is 2. The van der Waals surface area contributed by atoms with Crippen LogP contribution in [0.3, 0.4) is 0 Å². The molecule has 2 N–H and O–H groups in total. The summed E-state index contributed by atoms with van der Waals surface area (Å²) in [5.74, 6) is 1.45. The maximum Gasteiger partial charge on any atom is 0.171 e. The van der Waals surface area contributed by atoms with Crippen LogP contribution in [0.2, 0.25) is 0 Å². The predicted molar refractivity (Wildman–Crippen MR) is 103 cm³/mol. The average Bonchev–Trinajstić information content (AvgIpc) is 2.60. The number of methoxy groups -OCH3 is 2. The second-order valence-corrected chi connectivity index (χ2v) is 5.94. The van der Waals surface area contributed by atoms with Gasteiger partial charge in [0.2, 0.25) is 0 Å². The van der Waals surface area contributed by atoms with Crippen LogP contribution in [0.25, 0.3) is 0 Å². The van der Waals surface area contributed by atoms with Crippen LogP contribution in [-0.2, 0) is 0 Å². The van der Waals surface area contributed by atoms with Gasteiger partial charge in [-0.2, -0.15) is 0 Å². The minimum Gasteiger partial charge on any atom is -0.497 e. The quantitative estimate of drug-likeness (QED) is 0.758. The second kappa shape index (κ2) is 8.55. The lowest BCUT2D eigenvalue weighted by atomic mass is 10.0. The van der Waals surface area contributed by atoms with Crippen LogP contribution in [0, 0.1) is 6.92 Å². The molecule has 0 spiro atoms. The van der Waals surface area contributed by atoms with Crippen molar-refractivity contribution in [2.45, 2.75) is 26.3 Å². The van der Waals surface area contributed by atoms with E-state index in [4.69, 9.17) is 21.7 Å². The summed E-state index contributed by atoms with van der Waals surface area (Å²) in [6, 6.07) is 14.2. The van der Waals surface area contributed by atoms with Gasteiger partial charge in [0.1, 0.15) is 11.5 Å². The van der Waals surface area contributed by atoms with Crippen molar-refractivity contribution in [3.63, 3.8) is 0 Å². The number of thiocarbonyl (C=S) groups is 1. The van der Waals surface area contributed by atoms with Gasteiger partial charge < -0.3 is 20.1 Å². The molecule has 0 aliphatic carbocycles. The first-order valence-electron chi connectivity index (χ1n) is 7.93. The third-order valence-electron chi connectivity index (χ3n) is 3.85. The Labute approximate surface area is 149 Å². The molecule has 2 aromatic carbocycles. The van der Waals surface area contributed by atoms with Crippen molar-refractivity contribution in [1.29, 1.82) is 0 Å². The highest BCUT2D eigenvalue weighted by Crippen LogP contribution is 2.29. The highest BCUT2D eigenvalue weighted by molar-refractivity contribution is 7.80. The summed E-state index contributed by atoms with van der Waals surface area (Å²) in [4.78, 5) is 0.